The fourth-order valence-corrected chi connectivity index (χ4v) is 9.76. The molecule has 8 rings (SSSR count). The molecule has 0 saturated carbocycles. The second kappa shape index (κ2) is 22.4. The molecule has 2 aliphatic heterocycles. The van der Waals surface area contributed by atoms with Crippen molar-refractivity contribution in [1.82, 2.24) is 29.9 Å². The van der Waals surface area contributed by atoms with E-state index in [2.05, 4.69) is 60.5 Å². The predicted molar refractivity (Wildman–Crippen MR) is 263 cm³/mol. The van der Waals surface area contributed by atoms with Crippen LogP contribution in [0.3, 0.4) is 0 Å². The summed E-state index contributed by atoms with van der Waals surface area (Å²) in [5, 5.41) is 23.8. The van der Waals surface area contributed by atoms with Gasteiger partial charge in [0.2, 0.25) is 35.7 Å². The van der Waals surface area contributed by atoms with E-state index in [-0.39, 0.29) is 57.5 Å². The summed E-state index contributed by atoms with van der Waals surface area (Å²) in [4.78, 5) is 27.7. The first-order valence-electron chi connectivity index (χ1n) is 21.1. The van der Waals surface area contributed by atoms with Gasteiger partial charge in [-0.3, -0.25) is 18.2 Å². The van der Waals surface area contributed by atoms with E-state index < -0.39 is 65.7 Å². The summed E-state index contributed by atoms with van der Waals surface area (Å²) >= 11 is 0.477. The Morgan fingerprint density at radius 1 is 0.514 bits per heavy atom. The highest BCUT2D eigenvalue weighted by Crippen LogP contribution is 2.34. The Bertz CT molecular complexity index is 3550. The minimum atomic E-state index is -4.92. The van der Waals surface area contributed by atoms with Crippen LogP contribution in [0.5, 0.6) is 0 Å². The summed E-state index contributed by atoms with van der Waals surface area (Å²) in [7, 11) is -19.3. The molecule has 2 aromatic heterocycles. The second-order valence-electron chi connectivity index (χ2n) is 15.4. The van der Waals surface area contributed by atoms with Gasteiger partial charge in [0.15, 0.2) is 0 Å². The highest BCUT2D eigenvalue weighted by atomic mass is 32.2. The summed E-state index contributed by atoms with van der Waals surface area (Å²) in [6, 6.07) is 16.3. The Hall–Kier alpha value is -6.77. The van der Waals surface area contributed by atoms with Gasteiger partial charge in [0.05, 0.1) is 64.5 Å². The quantitative estimate of drug-likeness (QED) is 0.0179. The lowest BCUT2D eigenvalue weighted by atomic mass is 10.1. The van der Waals surface area contributed by atoms with E-state index >= 15 is 0 Å². The van der Waals surface area contributed by atoms with Gasteiger partial charge < -0.3 is 40.5 Å². The predicted octanol–water partition coefficient (Wildman–Crippen LogP) is 4.29. The lowest BCUT2D eigenvalue weighted by molar-refractivity contribution is -0.432. The maximum Gasteiger partial charge on any atom is 0.296 e. The third kappa shape index (κ3) is 13.9. The molecule has 0 atom stereocenters. The highest BCUT2D eigenvalue weighted by Gasteiger charge is 2.24. The van der Waals surface area contributed by atoms with E-state index in [9.17, 15) is 51.9 Å². The maximum absolute atomic E-state index is 12.8. The largest absolute Gasteiger partial charge is 0.378 e. The summed E-state index contributed by atoms with van der Waals surface area (Å²) < 4.78 is 153. The molecule has 0 bridgehead atoms. The van der Waals surface area contributed by atoms with Crippen molar-refractivity contribution >= 4 is 123 Å². The molecule has 0 spiro atoms. The number of benzene rings is 4. The normalized spacial score (nSPS) is 14.8. The van der Waals surface area contributed by atoms with Crippen LogP contribution in [0, 0.1) is 0 Å². The minimum absolute atomic E-state index is 0.0152. The van der Waals surface area contributed by atoms with Crippen molar-refractivity contribution in [2.24, 2.45) is 0 Å². The topological polar surface area (TPSA) is 407 Å². The van der Waals surface area contributed by atoms with E-state index in [0.29, 0.717) is 75.9 Å². The molecule has 2 fully saturated rings. The zero-order valence-electron chi connectivity index (χ0n) is 37.6. The Balaban J connectivity index is 1.04. The van der Waals surface area contributed by atoms with E-state index in [4.69, 9.17) is 14.7 Å². The van der Waals surface area contributed by atoms with Gasteiger partial charge in [-0.1, -0.05) is 35.4 Å². The number of aromatic nitrogens is 6. The lowest BCUT2D eigenvalue weighted by Gasteiger charge is -2.27. The number of nitrogens with one attached hydrogen (secondary N) is 4. The van der Waals surface area contributed by atoms with Crippen molar-refractivity contribution in [1.29, 1.82) is 0 Å². The average Bonchev–Trinajstić information content (AvgIpc) is 3.35. The van der Waals surface area contributed by atoms with Gasteiger partial charge in [0.1, 0.15) is 9.79 Å². The third-order valence-corrected chi connectivity index (χ3v) is 14.6. The number of morpholine rings is 2. The number of hydrogen-bond donors (Lipinski definition) is 9. The number of rotatable bonds is 19. The lowest BCUT2D eigenvalue weighted by Crippen LogP contribution is -2.37. The van der Waals surface area contributed by atoms with Crippen molar-refractivity contribution in [2.45, 2.75) is 24.5 Å². The van der Waals surface area contributed by atoms with Crippen LogP contribution < -0.4 is 31.1 Å². The average molecular weight is 1120 g/mol. The van der Waals surface area contributed by atoms with Gasteiger partial charge in [-0.25, -0.2) is 5.26 Å². The molecule has 0 unspecified atom stereocenters. The van der Waals surface area contributed by atoms with E-state index in [1.54, 1.807) is 40.1 Å². The molecule has 4 aromatic carbocycles. The molecule has 29 nitrogen and oxygen atoms in total. The molecule has 2 aliphatic rings. The first-order chi connectivity index (χ1) is 35.1. The molecule has 4 heterocycles. The third-order valence-electron chi connectivity index (χ3n) is 10.4. The number of anilines is 10. The molecule has 392 valence electrons. The van der Waals surface area contributed by atoms with Crippen molar-refractivity contribution in [3.8, 4) is 0 Å². The van der Waals surface area contributed by atoms with Crippen LogP contribution in [0.25, 0.3) is 12.2 Å². The molecule has 2 saturated heterocycles. The SMILES string of the molecule is O=S(=O)(O)c1ccc(SOOO)c(Nc2nc(Nc3ccc(/C=C/c4ccc(Nc5nc(Nc6cc(S(=O)(=O)O)ccc6S(=O)(=O)O)nc(N6CCOCC6)n5)cc4)c(S(=O)(=O)O)c3)nc(N3CCOCC3)n2)c1. The molecule has 0 aliphatic carbocycles. The smallest absolute Gasteiger partial charge is 0.296 e. The van der Waals surface area contributed by atoms with Gasteiger partial charge in [0, 0.05) is 37.6 Å². The van der Waals surface area contributed by atoms with Gasteiger partial charge in [0.25, 0.3) is 40.5 Å². The Morgan fingerprint density at radius 2 is 0.986 bits per heavy atom. The highest BCUT2D eigenvalue weighted by molar-refractivity contribution is 7.94. The fraction of sp³-hybridized carbons (Fsp3) is 0.200. The van der Waals surface area contributed by atoms with Crippen LogP contribution in [-0.4, -0.2) is 140 Å². The van der Waals surface area contributed by atoms with Gasteiger partial charge in [-0.2, -0.15) is 63.6 Å². The standard InChI is InChI=1S/C40H40N12O17S5/c53-68-69-70-32-11-9-28(71(54,55)56)22-30(32)43-37-46-36(48-40(49-37)52-15-19-67-20-16-52)42-27-8-5-25(34(21-27)74(63,64)65)4-1-24-2-6-26(7-3-24)41-35-45-38(50-39(47-35)51-13-17-66-18-14-51)44-31-23-29(72(57,58)59)10-12-33(31)73(60,61)62/h1-12,21-23,53H,13-20H2,(H,54,55,56)(H,57,58,59)(H,60,61,62)(H,63,64,65)(H2,41,44,45,47,50)(H2,42,43,46,48,49)/b4-1+. The Labute approximate surface area is 425 Å². The zero-order valence-corrected chi connectivity index (χ0v) is 41.7. The van der Waals surface area contributed by atoms with E-state index in [1.165, 1.54) is 24.3 Å². The number of nitrogens with zero attached hydrogens (tertiary/aromatic N) is 8. The zero-order chi connectivity index (χ0) is 52.8. The van der Waals surface area contributed by atoms with E-state index in [0.717, 1.165) is 36.4 Å². The molecule has 0 radical (unpaired) electrons. The van der Waals surface area contributed by atoms with E-state index in [1.807, 2.05) is 0 Å². The van der Waals surface area contributed by atoms with Gasteiger partial charge >= 0.3 is 0 Å². The maximum atomic E-state index is 12.8. The van der Waals surface area contributed by atoms with Crippen molar-refractivity contribution < 1.29 is 76.0 Å². The summed E-state index contributed by atoms with van der Waals surface area (Å²) in [6.07, 6.45) is 3.00. The van der Waals surface area contributed by atoms with Gasteiger partial charge in [-0.05, 0) is 71.8 Å². The molecule has 34 heteroatoms. The van der Waals surface area contributed by atoms with Crippen LogP contribution in [0.1, 0.15) is 11.1 Å². The van der Waals surface area contributed by atoms with Crippen LogP contribution in [0.2, 0.25) is 0 Å². The van der Waals surface area contributed by atoms with Crippen LogP contribution in [0.4, 0.5) is 58.4 Å². The van der Waals surface area contributed by atoms with Crippen molar-refractivity contribution in [2.75, 3.05) is 83.7 Å². The second-order valence-corrected chi connectivity index (χ2v) is 21.8. The van der Waals surface area contributed by atoms with Crippen LogP contribution in [0.15, 0.2) is 103 Å². The monoisotopic (exact) mass is 1120 g/mol. The first kappa shape index (κ1) is 53.5. The molecular formula is C40H40N12O17S5. The molecule has 74 heavy (non-hydrogen) atoms. The minimum Gasteiger partial charge on any atom is -0.378 e. The summed E-state index contributed by atoms with van der Waals surface area (Å²) in [5.41, 5.74) is 0.677. The van der Waals surface area contributed by atoms with Crippen LogP contribution in [-0.2, 0) is 59.3 Å². The fourth-order valence-electron chi connectivity index (χ4n) is 6.98. The number of ether oxygens (including phenoxy) is 2. The molecule has 9 N–H and O–H groups in total. The number of hydrogen-bond acceptors (Lipinski definition) is 26. The summed E-state index contributed by atoms with van der Waals surface area (Å²) in [6.45, 7) is 2.84. The van der Waals surface area contributed by atoms with Gasteiger partial charge in [-0.15, -0.1) is 4.33 Å². The first-order valence-corrected chi connectivity index (χ1v) is 27.6. The van der Waals surface area contributed by atoms with Crippen molar-refractivity contribution in [3.63, 3.8) is 0 Å². The Morgan fingerprint density at radius 3 is 1.50 bits per heavy atom. The molecule has 6 aromatic rings. The Kier molecular flexibility index (Phi) is 16.2. The van der Waals surface area contributed by atoms with Crippen LogP contribution >= 0.6 is 12.0 Å². The molecular weight excluding hydrogens is 1080 g/mol. The summed E-state index contributed by atoms with van der Waals surface area (Å²) in [5.74, 6) is -0.372. The molecule has 0 amide bonds. The van der Waals surface area contributed by atoms with Crippen molar-refractivity contribution in [3.05, 3.63) is 90.0 Å².